The fraction of sp³-hybridized carbons (Fsp3) is 0.741. The Morgan fingerprint density at radius 3 is 2.57 bits per heavy atom. The molecule has 0 aromatic carbocycles. The van der Waals surface area contributed by atoms with Crippen LogP contribution in [-0.4, -0.2) is 47.2 Å². The van der Waals surface area contributed by atoms with Gasteiger partial charge in [-0.1, -0.05) is 33.3 Å². The van der Waals surface area contributed by atoms with Gasteiger partial charge in [-0.3, -0.25) is 14.4 Å². The molecule has 4 rings (SSSR count). The van der Waals surface area contributed by atoms with Gasteiger partial charge >= 0.3 is 5.97 Å². The molecule has 4 aliphatic carbocycles. The summed E-state index contributed by atoms with van der Waals surface area (Å²) in [5.41, 5.74) is -4.21. The number of allylic oxidation sites excluding steroid dienone is 4. The number of hydrogen-bond acceptors (Lipinski definition) is 5. The molecule has 8 heteroatoms. The molecule has 0 aromatic heterocycles. The third-order valence-corrected chi connectivity index (χ3v) is 9.43. The molecule has 1 N–H and O–H groups in total. The second-order valence-electron chi connectivity index (χ2n) is 11.4. The van der Waals surface area contributed by atoms with E-state index in [1.54, 1.807) is 6.92 Å². The summed E-state index contributed by atoms with van der Waals surface area (Å²) < 4.78 is 37.7. The molecule has 3 saturated carbocycles. The van der Waals surface area contributed by atoms with Crippen molar-refractivity contribution in [1.82, 2.24) is 0 Å². The molecule has 0 heterocycles. The number of esters is 1. The Kier molecular flexibility index (Phi) is 8.00. The first-order chi connectivity index (χ1) is 15.9. The van der Waals surface area contributed by atoms with Gasteiger partial charge in [-0.2, -0.15) is 0 Å². The van der Waals surface area contributed by atoms with E-state index in [9.17, 15) is 19.5 Å². The molecule has 190 valence electrons. The van der Waals surface area contributed by atoms with Crippen molar-refractivity contribution in [2.75, 3.05) is 6.61 Å². The summed E-state index contributed by atoms with van der Waals surface area (Å²) in [4.78, 5) is 37.1. The van der Waals surface area contributed by atoms with Gasteiger partial charge in [-0.05, 0) is 67.6 Å². The summed E-state index contributed by atoms with van der Waals surface area (Å²) in [6.07, 6.45) is 3.20. The summed E-state index contributed by atoms with van der Waals surface area (Å²) in [7, 11) is 0. The maximum atomic E-state index is 17.1. The summed E-state index contributed by atoms with van der Waals surface area (Å²) in [5.74, 6) is -2.75. The fourth-order valence-corrected chi connectivity index (χ4v) is 7.89. The van der Waals surface area contributed by atoms with Crippen molar-refractivity contribution in [3.05, 3.63) is 23.8 Å². The molecule has 4 aliphatic rings. The number of carbonyl (C=O) groups excluding carboxylic acids is 3. The second-order valence-corrected chi connectivity index (χ2v) is 11.4. The van der Waals surface area contributed by atoms with Crippen molar-refractivity contribution in [2.45, 2.75) is 84.2 Å². The van der Waals surface area contributed by atoms with Crippen molar-refractivity contribution < 1.29 is 52.5 Å². The predicted octanol–water partition coefficient (Wildman–Crippen LogP) is 4.47. The molecule has 0 radical (unpaired) electrons. The summed E-state index contributed by atoms with van der Waals surface area (Å²) in [6, 6.07) is 0. The number of halogens is 2. The molecule has 0 amide bonds. The van der Waals surface area contributed by atoms with Crippen LogP contribution in [0.2, 0.25) is 0 Å². The molecular formula is C27H36F2O5Zn. The van der Waals surface area contributed by atoms with E-state index in [1.807, 2.05) is 20.8 Å². The van der Waals surface area contributed by atoms with Gasteiger partial charge in [0.1, 0.15) is 12.8 Å². The van der Waals surface area contributed by atoms with Crippen LogP contribution >= 0.6 is 0 Å². The van der Waals surface area contributed by atoms with E-state index < -0.39 is 46.6 Å². The molecule has 9 atom stereocenters. The smallest absolute Gasteiger partial charge is 0.306 e. The minimum Gasteiger partial charge on any atom is -0.458 e. The van der Waals surface area contributed by atoms with Crippen molar-refractivity contribution >= 4 is 17.5 Å². The number of aliphatic hydroxyl groups is 1. The first-order valence-electron chi connectivity index (χ1n) is 12.5. The van der Waals surface area contributed by atoms with Crippen molar-refractivity contribution in [3.63, 3.8) is 0 Å². The fourth-order valence-electron chi connectivity index (χ4n) is 7.89. The number of unbranched alkanes of at least 4 members (excludes halogenated alkanes) is 1. The molecule has 3 fully saturated rings. The molecule has 35 heavy (non-hydrogen) atoms. The second kappa shape index (κ2) is 9.89. The predicted molar refractivity (Wildman–Crippen MR) is 122 cm³/mol. The van der Waals surface area contributed by atoms with Gasteiger partial charge in [-0.25, -0.2) is 8.78 Å². The minimum absolute atomic E-state index is 0. The van der Waals surface area contributed by atoms with Crippen LogP contribution in [-0.2, 0) is 38.6 Å². The molecule has 0 unspecified atom stereocenters. The third kappa shape index (κ3) is 4.21. The van der Waals surface area contributed by atoms with Gasteiger partial charge in [0.15, 0.2) is 17.2 Å². The number of Topliss-reactive ketones (excluding diaryl/α,β-unsaturated/α-hetero) is 1. The third-order valence-electron chi connectivity index (χ3n) is 9.43. The molecule has 0 aliphatic heterocycles. The summed E-state index contributed by atoms with van der Waals surface area (Å²) in [6.45, 7) is 7.03. The van der Waals surface area contributed by atoms with E-state index in [2.05, 4.69) is 0 Å². The Hall–Kier alpha value is -1.27. The summed E-state index contributed by atoms with van der Waals surface area (Å²) >= 11 is 0. The van der Waals surface area contributed by atoms with Gasteiger partial charge in [0.05, 0.1) is 6.10 Å². The molecule has 0 aromatic rings. The van der Waals surface area contributed by atoms with Crippen LogP contribution in [0.5, 0.6) is 0 Å². The Morgan fingerprint density at radius 1 is 1.23 bits per heavy atom. The first kappa shape index (κ1) is 28.3. The number of ketones is 2. The van der Waals surface area contributed by atoms with Crippen LogP contribution < -0.4 is 0 Å². The molecule has 5 nitrogen and oxygen atoms in total. The monoisotopic (exact) mass is 542 g/mol. The average Bonchev–Trinajstić information content (AvgIpc) is 3.03. The van der Waals surface area contributed by atoms with Gasteiger partial charge in [0.2, 0.25) is 0 Å². The zero-order valence-electron chi connectivity index (χ0n) is 21.2. The Balaban J connectivity index is 0.00000342. The SMILES string of the molecule is CCCCC(=O)OCC(=O)[C@H]1[C@H](C)C[C@H]2[C@@H]3C[C@H](F)C4=CC(=O)C=C[C@]4(C)[C@@]3(F)[C@@H](O)C[C@@]21C.[Zn]. The average molecular weight is 544 g/mol. The van der Waals surface area contributed by atoms with E-state index >= 15 is 8.78 Å². The molecule has 0 spiro atoms. The van der Waals surface area contributed by atoms with E-state index in [0.29, 0.717) is 12.8 Å². The number of alkyl halides is 2. The minimum atomic E-state index is -2.15. The van der Waals surface area contributed by atoms with E-state index in [0.717, 1.165) is 6.42 Å². The summed E-state index contributed by atoms with van der Waals surface area (Å²) in [5, 5.41) is 11.3. The van der Waals surface area contributed by atoms with Crippen LogP contribution in [0.3, 0.4) is 0 Å². The van der Waals surface area contributed by atoms with E-state index in [4.69, 9.17) is 4.74 Å². The number of rotatable bonds is 6. The molecule has 0 saturated heterocycles. The van der Waals surface area contributed by atoms with Gasteiger partial charge in [0.25, 0.3) is 0 Å². The van der Waals surface area contributed by atoms with Crippen LogP contribution in [0.1, 0.15) is 66.2 Å². The first-order valence-corrected chi connectivity index (χ1v) is 12.5. The maximum absolute atomic E-state index is 17.1. The van der Waals surface area contributed by atoms with E-state index in [-0.39, 0.29) is 74.3 Å². The standard InChI is InChI=1S/C27H36F2O5.Zn/c1-5-6-7-23(33)34-14-21(31)24-15(2)10-17-18-12-20(28)19-11-16(30)8-9-26(19,4)27(18,29)22(32)13-25(17,24)3;/h8-9,11,15,17-18,20,22,24,32H,5-7,10,12-14H2,1-4H3;/t15-,17+,18+,20+,22+,24-,25+,26+,27+;/m1./s1. The van der Waals surface area contributed by atoms with Crippen molar-refractivity contribution in [2.24, 2.45) is 34.5 Å². The van der Waals surface area contributed by atoms with Gasteiger partial charge in [0, 0.05) is 43.1 Å². The Labute approximate surface area is 218 Å². The molecular weight excluding hydrogens is 508 g/mol. The number of hydrogen-bond donors (Lipinski definition) is 1. The van der Waals surface area contributed by atoms with Crippen molar-refractivity contribution in [1.29, 1.82) is 0 Å². The Morgan fingerprint density at radius 2 is 1.91 bits per heavy atom. The topological polar surface area (TPSA) is 80.7 Å². The number of ether oxygens (including phenoxy) is 1. The van der Waals surface area contributed by atoms with Crippen LogP contribution in [0, 0.1) is 34.5 Å². The van der Waals surface area contributed by atoms with Crippen molar-refractivity contribution in [3.8, 4) is 0 Å². The maximum Gasteiger partial charge on any atom is 0.306 e. The van der Waals surface area contributed by atoms with Crippen LogP contribution in [0.15, 0.2) is 23.8 Å². The quantitative estimate of drug-likeness (QED) is 0.395. The largest absolute Gasteiger partial charge is 0.458 e. The molecule has 0 bridgehead atoms. The number of fused-ring (bicyclic) bond motifs is 5. The van der Waals surface area contributed by atoms with Crippen LogP contribution in [0.4, 0.5) is 8.78 Å². The zero-order chi connectivity index (χ0) is 25.1. The normalized spacial score (nSPS) is 43.9. The van der Waals surface area contributed by atoms with E-state index in [1.165, 1.54) is 18.2 Å². The number of aliphatic hydroxyl groups excluding tert-OH is 1. The van der Waals surface area contributed by atoms with Gasteiger partial charge in [-0.15, -0.1) is 0 Å². The number of carbonyl (C=O) groups is 3. The zero-order valence-corrected chi connectivity index (χ0v) is 24.2. The Bertz CT molecular complexity index is 950. The van der Waals surface area contributed by atoms with Gasteiger partial charge < -0.3 is 9.84 Å². The van der Waals surface area contributed by atoms with Crippen LogP contribution in [0.25, 0.3) is 0 Å².